The lowest BCUT2D eigenvalue weighted by Gasteiger charge is -1.96. The van der Waals surface area contributed by atoms with E-state index in [9.17, 15) is 4.79 Å². The molecule has 0 amide bonds. The maximum atomic E-state index is 10.9. The summed E-state index contributed by atoms with van der Waals surface area (Å²) in [6.07, 6.45) is 7.84. The minimum Gasteiger partial charge on any atom is -0.466 e. The van der Waals surface area contributed by atoms with Gasteiger partial charge in [-0.15, -0.1) is 0 Å². The fourth-order valence-corrected chi connectivity index (χ4v) is 0.807. The Labute approximate surface area is 73.9 Å². The molecule has 0 radical (unpaired) electrons. The van der Waals surface area contributed by atoms with Crippen LogP contribution in [0.4, 0.5) is 0 Å². The van der Waals surface area contributed by atoms with Crippen molar-refractivity contribution < 1.29 is 9.53 Å². The molecular weight excluding hydrogens is 152 g/mol. The Morgan fingerprint density at radius 2 is 2.08 bits per heavy atom. The zero-order valence-electron chi connectivity index (χ0n) is 7.96. The predicted molar refractivity (Wildman–Crippen MR) is 49.8 cm³/mol. The third kappa shape index (κ3) is 4.72. The minimum atomic E-state index is -0.240. The Morgan fingerprint density at radius 3 is 2.58 bits per heavy atom. The zero-order valence-corrected chi connectivity index (χ0v) is 7.96. The average molecular weight is 168 g/mol. The summed E-state index contributed by atoms with van der Waals surface area (Å²) in [5.74, 6) is -0.240. The van der Waals surface area contributed by atoms with Crippen molar-refractivity contribution in [1.29, 1.82) is 0 Å². The largest absolute Gasteiger partial charge is 0.466 e. The molecule has 0 aliphatic rings. The van der Waals surface area contributed by atoms with Gasteiger partial charge < -0.3 is 4.74 Å². The highest BCUT2D eigenvalue weighted by Gasteiger charge is 2.00. The molecule has 0 heterocycles. The Bertz CT molecular complexity index is 190. The first-order valence-corrected chi connectivity index (χ1v) is 4.08. The molecule has 0 rings (SSSR count). The van der Waals surface area contributed by atoms with Crippen LogP contribution in [0.2, 0.25) is 0 Å². The highest BCUT2D eigenvalue weighted by atomic mass is 16.5. The molecule has 0 atom stereocenters. The topological polar surface area (TPSA) is 26.3 Å². The summed E-state index contributed by atoms with van der Waals surface area (Å²) in [7, 11) is 1.39. The van der Waals surface area contributed by atoms with Crippen LogP contribution in [0.1, 0.15) is 26.7 Å². The second kappa shape index (κ2) is 6.65. The number of esters is 1. The van der Waals surface area contributed by atoms with Crippen LogP contribution in [-0.2, 0) is 9.53 Å². The Kier molecular flexibility index (Phi) is 6.07. The van der Waals surface area contributed by atoms with Gasteiger partial charge in [-0.05, 0) is 26.7 Å². The molecule has 2 heteroatoms. The van der Waals surface area contributed by atoms with Crippen molar-refractivity contribution in [2.24, 2.45) is 0 Å². The fourth-order valence-electron chi connectivity index (χ4n) is 0.807. The van der Waals surface area contributed by atoms with Gasteiger partial charge in [-0.25, -0.2) is 4.79 Å². The van der Waals surface area contributed by atoms with Gasteiger partial charge in [-0.2, -0.15) is 0 Å². The average Bonchev–Trinajstić information content (AvgIpc) is 2.10. The quantitative estimate of drug-likeness (QED) is 0.279. The molecule has 0 N–H and O–H groups in total. The summed E-state index contributed by atoms with van der Waals surface area (Å²) in [5.41, 5.74) is 0.682. The van der Waals surface area contributed by atoms with E-state index in [-0.39, 0.29) is 5.97 Å². The molecule has 0 unspecified atom stereocenters. The van der Waals surface area contributed by atoms with E-state index in [2.05, 4.69) is 10.8 Å². The third-order valence-electron chi connectivity index (χ3n) is 1.53. The van der Waals surface area contributed by atoms with Crippen molar-refractivity contribution in [3.63, 3.8) is 0 Å². The monoisotopic (exact) mass is 168 g/mol. The van der Waals surface area contributed by atoms with Gasteiger partial charge in [-0.3, -0.25) is 0 Å². The lowest BCUT2D eigenvalue weighted by Crippen LogP contribution is -2.00. The van der Waals surface area contributed by atoms with Crippen molar-refractivity contribution in [3.8, 4) is 0 Å². The lowest BCUT2D eigenvalue weighted by atomic mass is 10.2. The number of rotatable bonds is 4. The number of hydrogen-bond acceptors (Lipinski definition) is 2. The van der Waals surface area contributed by atoms with Crippen LogP contribution in [0.3, 0.4) is 0 Å². The van der Waals surface area contributed by atoms with E-state index in [0.717, 1.165) is 12.8 Å². The summed E-state index contributed by atoms with van der Waals surface area (Å²) in [6.45, 7) is 3.75. The van der Waals surface area contributed by atoms with Crippen LogP contribution in [0, 0.1) is 0 Å². The Balaban J connectivity index is 3.76. The van der Waals surface area contributed by atoms with E-state index < -0.39 is 0 Å². The number of methoxy groups -OCH3 is 1. The van der Waals surface area contributed by atoms with Crippen molar-refractivity contribution in [3.05, 3.63) is 23.8 Å². The maximum Gasteiger partial charge on any atom is 0.333 e. The van der Waals surface area contributed by atoms with Crippen molar-refractivity contribution in [2.45, 2.75) is 26.7 Å². The number of unbranched alkanes of at least 4 members (excludes halogenated alkanes) is 1. The number of ether oxygens (including phenoxy) is 1. The third-order valence-corrected chi connectivity index (χ3v) is 1.53. The van der Waals surface area contributed by atoms with E-state index in [1.165, 1.54) is 7.11 Å². The highest BCUT2D eigenvalue weighted by Crippen LogP contribution is 2.00. The van der Waals surface area contributed by atoms with Gasteiger partial charge >= 0.3 is 5.97 Å². The molecule has 68 valence electrons. The van der Waals surface area contributed by atoms with Crippen LogP contribution in [-0.4, -0.2) is 13.1 Å². The first-order chi connectivity index (χ1) is 5.72. The molecule has 2 nitrogen and oxygen atoms in total. The van der Waals surface area contributed by atoms with E-state index in [4.69, 9.17) is 0 Å². The van der Waals surface area contributed by atoms with Crippen molar-refractivity contribution >= 4 is 5.97 Å². The highest BCUT2D eigenvalue weighted by molar-refractivity contribution is 5.87. The molecule has 0 aliphatic carbocycles. The van der Waals surface area contributed by atoms with Gasteiger partial charge in [-0.1, -0.05) is 18.2 Å². The van der Waals surface area contributed by atoms with Crippen LogP contribution >= 0.6 is 0 Å². The minimum absolute atomic E-state index is 0.240. The van der Waals surface area contributed by atoms with Gasteiger partial charge in [0, 0.05) is 5.57 Å². The van der Waals surface area contributed by atoms with Gasteiger partial charge in [0.1, 0.15) is 0 Å². The molecule has 0 bridgehead atoms. The van der Waals surface area contributed by atoms with E-state index in [1.54, 1.807) is 6.92 Å². The number of hydrogen-bond donors (Lipinski definition) is 0. The second-order valence-corrected chi connectivity index (χ2v) is 2.53. The lowest BCUT2D eigenvalue weighted by molar-refractivity contribution is -0.136. The summed E-state index contributed by atoms with van der Waals surface area (Å²) in [5, 5.41) is 0. The van der Waals surface area contributed by atoms with E-state index in [0.29, 0.717) is 5.57 Å². The van der Waals surface area contributed by atoms with Gasteiger partial charge in [0.25, 0.3) is 0 Å². The number of carbonyl (C=O) groups excluding carboxylic acids is 1. The molecule has 0 fully saturated rings. The normalized spacial score (nSPS) is 12.1. The van der Waals surface area contributed by atoms with Crippen molar-refractivity contribution in [2.75, 3.05) is 7.11 Å². The van der Waals surface area contributed by atoms with Crippen LogP contribution < -0.4 is 0 Å². The molecule has 0 aromatic heterocycles. The molecule has 0 spiro atoms. The summed E-state index contributed by atoms with van der Waals surface area (Å²) >= 11 is 0. The van der Waals surface area contributed by atoms with Gasteiger partial charge in [0.2, 0.25) is 0 Å². The molecule has 0 aromatic carbocycles. The van der Waals surface area contributed by atoms with E-state index in [1.807, 2.05) is 19.1 Å². The Hall–Kier alpha value is -1.05. The summed E-state index contributed by atoms with van der Waals surface area (Å²) in [4.78, 5) is 10.9. The predicted octanol–water partition coefficient (Wildman–Crippen LogP) is 2.46. The standard InChI is InChI=1S/C10H16O2/c1-4-5-6-7-8-9(2)10(11)12-3/h4-5,8H,6-7H2,1-3H3. The first-order valence-electron chi connectivity index (χ1n) is 4.08. The Morgan fingerprint density at radius 1 is 1.42 bits per heavy atom. The van der Waals surface area contributed by atoms with Crippen LogP contribution in [0.25, 0.3) is 0 Å². The summed E-state index contributed by atoms with van der Waals surface area (Å²) < 4.78 is 4.54. The van der Waals surface area contributed by atoms with Gasteiger partial charge in [0.15, 0.2) is 0 Å². The van der Waals surface area contributed by atoms with Crippen molar-refractivity contribution in [1.82, 2.24) is 0 Å². The molecule has 0 saturated carbocycles. The number of carbonyl (C=O) groups is 1. The zero-order chi connectivity index (χ0) is 9.40. The smallest absolute Gasteiger partial charge is 0.333 e. The first kappa shape index (κ1) is 11.0. The van der Waals surface area contributed by atoms with Gasteiger partial charge in [0.05, 0.1) is 7.11 Å². The fraction of sp³-hybridized carbons (Fsp3) is 0.500. The van der Waals surface area contributed by atoms with Crippen LogP contribution in [0.15, 0.2) is 23.8 Å². The maximum absolute atomic E-state index is 10.9. The molecule has 12 heavy (non-hydrogen) atoms. The second-order valence-electron chi connectivity index (χ2n) is 2.53. The molecule has 0 aromatic rings. The molecule has 0 aliphatic heterocycles. The SMILES string of the molecule is CC=CCCC=C(C)C(=O)OC. The number of allylic oxidation sites excluding steroid dienone is 3. The molecular formula is C10H16O2. The van der Waals surface area contributed by atoms with Crippen LogP contribution in [0.5, 0.6) is 0 Å². The molecule has 0 saturated heterocycles. The summed E-state index contributed by atoms with van der Waals surface area (Å²) in [6, 6.07) is 0. The van der Waals surface area contributed by atoms with E-state index >= 15 is 0 Å².